The summed E-state index contributed by atoms with van der Waals surface area (Å²) in [5.74, 6) is 0. The second kappa shape index (κ2) is 14.7. The molecule has 0 saturated heterocycles. The Labute approximate surface area is 397 Å². The van der Waals surface area contributed by atoms with E-state index in [1.165, 1.54) is 131 Å². The van der Waals surface area contributed by atoms with E-state index in [2.05, 4.69) is 243 Å². The maximum Gasteiger partial charge on any atom is 0.143 e. The smallest absolute Gasteiger partial charge is 0.143 e. The molecule has 15 rings (SSSR count). The lowest BCUT2D eigenvalue weighted by molar-refractivity contribution is 0.673. The van der Waals surface area contributed by atoms with Gasteiger partial charge in [0.15, 0.2) is 0 Å². The molecule has 318 valence electrons. The molecular formula is C68H40O. The van der Waals surface area contributed by atoms with Crippen molar-refractivity contribution in [3.63, 3.8) is 0 Å². The average molecular weight is 873 g/mol. The van der Waals surface area contributed by atoms with Gasteiger partial charge in [0.1, 0.15) is 11.2 Å². The molecule has 0 amide bonds. The van der Waals surface area contributed by atoms with Crippen LogP contribution >= 0.6 is 0 Å². The van der Waals surface area contributed by atoms with Crippen LogP contribution in [0.2, 0.25) is 0 Å². The highest BCUT2D eigenvalue weighted by molar-refractivity contribution is 6.33. The zero-order chi connectivity index (χ0) is 45.2. The van der Waals surface area contributed by atoms with E-state index in [4.69, 9.17) is 4.42 Å². The van der Waals surface area contributed by atoms with Crippen molar-refractivity contribution in [3.8, 4) is 44.5 Å². The first kappa shape index (κ1) is 38.1. The minimum atomic E-state index is 0.893. The molecule has 0 unspecified atom stereocenters. The van der Waals surface area contributed by atoms with E-state index >= 15 is 0 Å². The van der Waals surface area contributed by atoms with Crippen molar-refractivity contribution in [2.75, 3.05) is 0 Å². The summed E-state index contributed by atoms with van der Waals surface area (Å²) in [5, 5.41) is 22.0. The lowest BCUT2D eigenvalue weighted by Crippen LogP contribution is -1.94. The summed E-state index contributed by atoms with van der Waals surface area (Å²) in [5.41, 5.74) is 11.6. The lowest BCUT2D eigenvalue weighted by Gasteiger charge is -2.22. The van der Waals surface area contributed by atoms with E-state index in [0.29, 0.717) is 0 Å². The molecule has 0 N–H and O–H groups in total. The van der Waals surface area contributed by atoms with Crippen LogP contribution < -0.4 is 0 Å². The van der Waals surface area contributed by atoms with Gasteiger partial charge in [-0.2, -0.15) is 0 Å². The van der Waals surface area contributed by atoms with Crippen molar-refractivity contribution >= 4 is 108 Å². The van der Waals surface area contributed by atoms with E-state index in [1.54, 1.807) is 0 Å². The van der Waals surface area contributed by atoms with Gasteiger partial charge in [-0.15, -0.1) is 0 Å². The average Bonchev–Trinajstić information content (AvgIpc) is 3.80. The van der Waals surface area contributed by atoms with Crippen molar-refractivity contribution < 1.29 is 4.42 Å². The molecule has 1 aromatic heterocycles. The standard InChI is InChI=1S/C68H40O/c1-2-17-42-38-44(33-32-41(42)16-1)43-18-15-19-45(39-43)63-51-24-7-11-28-55(51)65(56-29-12-8-25-52(56)63)66-57-30-13-9-26-53(57)64(54-27-10-14-31-58(54)66)46-34-37-62-61(40-46)60-36-35-59-49-22-4-3-20-47(49)48-21-5-6-23-50(48)67(59)68(60)69-62/h1-40H. The number of hydrogen-bond donors (Lipinski definition) is 0. The van der Waals surface area contributed by atoms with Crippen LogP contribution in [0.3, 0.4) is 0 Å². The van der Waals surface area contributed by atoms with Crippen molar-refractivity contribution in [2.45, 2.75) is 0 Å². The fourth-order valence-corrected chi connectivity index (χ4v) is 12.0. The predicted molar refractivity (Wildman–Crippen MR) is 296 cm³/mol. The Morgan fingerprint density at radius 1 is 0.203 bits per heavy atom. The van der Waals surface area contributed by atoms with Gasteiger partial charge in [-0.05, 0) is 156 Å². The number of rotatable bonds is 4. The molecule has 0 spiro atoms. The third-order valence-electron chi connectivity index (χ3n) is 15.0. The molecule has 1 nitrogen and oxygen atoms in total. The van der Waals surface area contributed by atoms with Crippen molar-refractivity contribution in [3.05, 3.63) is 243 Å². The van der Waals surface area contributed by atoms with Gasteiger partial charge in [-0.25, -0.2) is 0 Å². The fraction of sp³-hybridized carbons (Fsp3) is 0. The molecule has 1 heteroatoms. The van der Waals surface area contributed by atoms with Gasteiger partial charge in [0.05, 0.1) is 0 Å². The molecule has 0 bridgehead atoms. The van der Waals surface area contributed by atoms with Gasteiger partial charge >= 0.3 is 0 Å². The highest BCUT2D eigenvalue weighted by atomic mass is 16.3. The van der Waals surface area contributed by atoms with Crippen molar-refractivity contribution in [1.29, 1.82) is 0 Å². The zero-order valence-electron chi connectivity index (χ0n) is 37.5. The van der Waals surface area contributed by atoms with Gasteiger partial charge in [0.25, 0.3) is 0 Å². The van der Waals surface area contributed by atoms with Crippen LogP contribution in [-0.2, 0) is 0 Å². The van der Waals surface area contributed by atoms with E-state index in [0.717, 1.165) is 21.9 Å². The van der Waals surface area contributed by atoms with Crippen LogP contribution in [0, 0.1) is 0 Å². The molecule has 0 aliphatic heterocycles. The molecule has 1 heterocycles. The summed E-state index contributed by atoms with van der Waals surface area (Å²) in [7, 11) is 0. The predicted octanol–water partition coefficient (Wildman–Crippen LogP) is 19.5. The Balaban J connectivity index is 0.969. The van der Waals surface area contributed by atoms with E-state index in [-0.39, 0.29) is 0 Å². The lowest BCUT2D eigenvalue weighted by atomic mass is 9.81. The third-order valence-corrected chi connectivity index (χ3v) is 15.0. The van der Waals surface area contributed by atoms with Gasteiger partial charge < -0.3 is 4.42 Å². The van der Waals surface area contributed by atoms with Crippen LogP contribution in [0.25, 0.3) is 153 Å². The highest BCUT2D eigenvalue weighted by Gasteiger charge is 2.24. The summed E-state index contributed by atoms with van der Waals surface area (Å²) in [6, 6.07) is 89.6. The highest BCUT2D eigenvalue weighted by Crippen LogP contribution is 2.51. The molecule has 0 aliphatic rings. The monoisotopic (exact) mass is 872 g/mol. The van der Waals surface area contributed by atoms with Crippen LogP contribution in [0.15, 0.2) is 247 Å². The minimum absolute atomic E-state index is 0.893. The number of fused-ring (bicyclic) bond motifs is 15. The minimum Gasteiger partial charge on any atom is -0.455 e. The number of benzene rings is 14. The second-order valence-corrected chi connectivity index (χ2v) is 18.6. The largest absolute Gasteiger partial charge is 0.455 e. The summed E-state index contributed by atoms with van der Waals surface area (Å²) < 4.78 is 6.93. The molecule has 15 aromatic rings. The number of furan rings is 1. The normalized spacial score (nSPS) is 12.1. The zero-order valence-corrected chi connectivity index (χ0v) is 37.5. The molecule has 0 radical (unpaired) electrons. The van der Waals surface area contributed by atoms with Gasteiger partial charge in [-0.3, -0.25) is 0 Å². The SMILES string of the molecule is c1cc(-c2ccc3ccccc3c2)cc(-c2c3ccccc3c(-c3c4ccccc4c(-c4ccc5oc6c(ccc7c8ccccc8c8ccccc8c76)c5c4)c4ccccc34)c3ccccc23)c1. The van der Waals surface area contributed by atoms with Crippen molar-refractivity contribution in [2.24, 2.45) is 0 Å². The van der Waals surface area contributed by atoms with E-state index < -0.39 is 0 Å². The Bertz CT molecular complexity index is 4510. The van der Waals surface area contributed by atoms with Gasteiger partial charge in [-0.1, -0.05) is 212 Å². The quantitative estimate of drug-likeness (QED) is 0.127. The van der Waals surface area contributed by atoms with Crippen LogP contribution in [-0.4, -0.2) is 0 Å². The Kier molecular flexibility index (Phi) is 8.13. The van der Waals surface area contributed by atoms with Crippen LogP contribution in [0.5, 0.6) is 0 Å². The second-order valence-electron chi connectivity index (χ2n) is 18.6. The maximum atomic E-state index is 6.93. The Morgan fingerprint density at radius 2 is 0.594 bits per heavy atom. The van der Waals surface area contributed by atoms with Gasteiger partial charge in [0, 0.05) is 16.2 Å². The van der Waals surface area contributed by atoms with Gasteiger partial charge in [0.2, 0.25) is 0 Å². The Hall–Kier alpha value is -9.04. The first-order valence-corrected chi connectivity index (χ1v) is 23.9. The molecular weight excluding hydrogens is 833 g/mol. The Morgan fingerprint density at radius 3 is 1.16 bits per heavy atom. The molecule has 0 saturated carbocycles. The molecule has 0 aliphatic carbocycles. The fourth-order valence-electron chi connectivity index (χ4n) is 12.0. The summed E-state index contributed by atoms with van der Waals surface area (Å²) >= 11 is 0. The molecule has 69 heavy (non-hydrogen) atoms. The van der Waals surface area contributed by atoms with E-state index in [1.807, 2.05) is 0 Å². The molecule has 14 aromatic carbocycles. The maximum absolute atomic E-state index is 6.93. The van der Waals surface area contributed by atoms with Crippen LogP contribution in [0.1, 0.15) is 0 Å². The third kappa shape index (κ3) is 5.59. The van der Waals surface area contributed by atoms with E-state index in [9.17, 15) is 0 Å². The first-order valence-electron chi connectivity index (χ1n) is 23.9. The summed E-state index contributed by atoms with van der Waals surface area (Å²) in [6.07, 6.45) is 0. The number of hydrogen-bond acceptors (Lipinski definition) is 1. The van der Waals surface area contributed by atoms with Crippen LogP contribution in [0.4, 0.5) is 0 Å². The van der Waals surface area contributed by atoms with Crippen molar-refractivity contribution in [1.82, 2.24) is 0 Å². The topological polar surface area (TPSA) is 13.1 Å². The summed E-state index contributed by atoms with van der Waals surface area (Å²) in [6.45, 7) is 0. The molecule has 0 atom stereocenters. The summed E-state index contributed by atoms with van der Waals surface area (Å²) in [4.78, 5) is 0. The first-order chi connectivity index (χ1) is 34.2. The molecule has 0 fully saturated rings.